The molecule has 2 heterocycles. The Morgan fingerprint density at radius 1 is 0.917 bits per heavy atom. The van der Waals surface area contributed by atoms with E-state index in [4.69, 9.17) is 0 Å². The van der Waals surface area contributed by atoms with Crippen molar-refractivity contribution >= 4 is 11.6 Å². The second-order valence-corrected chi connectivity index (χ2v) is 6.15. The summed E-state index contributed by atoms with van der Waals surface area (Å²) < 4.78 is 0. The van der Waals surface area contributed by atoms with Gasteiger partial charge in [0.25, 0.3) is 0 Å². The van der Waals surface area contributed by atoms with Gasteiger partial charge in [0.05, 0.1) is 0 Å². The monoisotopic (exact) mass is 327 g/mol. The lowest BCUT2D eigenvalue weighted by molar-refractivity contribution is 0.728. The fraction of sp³-hybridized carbons (Fsp3) is 0.526. The maximum Gasteiger partial charge on any atom is 0.134 e. The number of pyridine rings is 1. The number of hydrogen-bond acceptors (Lipinski definition) is 5. The maximum atomic E-state index is 4.65. The highest BCUT2D eigenvalue weighted by atomic mass is 15.2. The third kappa shape index (κ3) is 5.18. The first kappa shape index (κ1) is 18.2. The van der Waals surface area contributed by atoms with E-state index in [0.29, 0.717) is 0 Å². The summed E-state index contributed by atoms with van der Waals surface area (Å²) in [7, 11) is 2.09. The predicted molar refractivity (Wildman–Crippen MR) is 101 cm³/mol. The molecule has 0 unspecified atom stereocenters. The van der Waals surface area contributed by atoms with Gasteiger partial charge in [-0.05, 0) is 43.9 Å². The summed E-state index contributed by atoms with van der Waals surface area (Å²) in [6.07, 6.45) is 6.91. The number of aromatic nitrogens is 3. The van der Waals surface area contributed by atoms with Gasteiger partial charge < -0.3 is 9.80 Å². The molecule has 0 N–H and O–H groups in total. The Morgan fingerprint density at radius 2 is 1.54 bits per heavy atom. The molecule has 130 valence electrons. The van der Waals surface area contributed by atoms with E-state index in [1.54, 1.807) is 0 Å². The van der Waals surface area contributed by atoms with Gasteiger partial charge in [0, 0.05) is 45.1 Å². The van der Waals surface area contributed by atoms with Crippen LogP contribution in [0, 0.1) is 6.92 Å². The average Bonchev–Trinajstić information content (AvgIpc) is 2.60. The molecule has 2 rings (SSSR count). The summed E-state index contributed by atoms with van der Waals surface area (Å²) >= 11 is 0. The number of rotatable bonds is 9. The highest BCUT2D eigenvalue weighted by Gasteiger charge is 2.11. The summed E-state index contributed by atoms with van der Waals surface area (Å²) in [6, 6.07) is 6.24. The minimum atomic E-state index is 0.829. The molecule has 5 heteroatoms. The average molecular weight is 327 g/mol. The summed E-state index contributed by atoms with van der Waals surface area (Å²) in [4.78, 5) is 17.9. The van der Waals surface area contributed by atoms with Crippen molar-refractivity contribution in [1.29, 1.82) is 0 Å². The molecule has 0 aliphatic heterocycles. The van der Waals surface area contributed by atoms with E-state index in [-0.39, 0.29) is 0 Å². The van der Waals surface area contributed by atoms with Gasteiger partial charge in [0.15, 0.2) is 0 Å². The molecule has 2 aromatic heterocycles. The molecule has 0 atom stereocenters. The highest BCUT2D eigenvalue weighted by molar-refractivity contribution is 5.50. The molecular weight excluding hydrogens is 298 g/mol. The standard InChI is InChI=1S/C19H29N5/c1-5-12-24(13-6-2)19-15-18(21-16(3)22-19)23(4)14-9-17-7-10-20-11-8-17/h7-8,10-11,15H,5-6,9,12-14H2,1-4H3. The normalized spacial score (nSPS) is 10.7. The Bertz CT molecular complexity index is 608. The summed E-state index contributed by atoms with van der Waals surface area (Å²) in [6.45, 7) is 9.37. The van der Waals surface area contributed by atoms with Gasteiger partial charge in [-0.2, -0.15) is 0 Å². The largest absolute Gasteiger partial charge is 0.359 e. The number of anilines is 2. The predicted octanol–water partition coefficient (Wildman–Crippen LogP) is 3.49. The van der Waals surface area contributed by atoms with Crippen LogP contribution in [0.5, 0.6) is 0 Å². The Kier molecular flexibility index (Phi) is 6.97. The summed E-state index contributed by atoms with van der Waals surface area (Å²) in [5.41, 5.74) is 1.29. The van der Waals surface area contributed by atoms with Crippen molar-refractivity contribution in [3.05, 3.63) is 42.0 Å². The Labute approximate surface area is 145 Å². The van der Waals surface area contributed by atoms with Gasteiger partial charge in [-0.3, -0.25) is 4.98 Å². The molecule has 0 radical (unpaired) electrons. The molecule has 0 aliphatic carbocycles. The molecule has 0 bridgehead atoms. The molecule has 2 aromatic rings. The Balaban J connectivity index is 2.11. The minimum absolute atomic E-state index is 0.829. The molecule has 0 aliphatic rings. The van der Waals surface area contributed by atoms with E-state index in [2.05, 4.69) is 63.8 Å². The van der Waals surface area contributed by atoms with Gasteiger partial charge >= 0.3 is 0 Å². The topological polar surface area (TPSA) is 45.2 Å². The van der Waals surface area contributed by atoms with Crippen molar-refractivity contribution in [2.24, 2.45) is 0 Å². The fourth-order valence-electron chi connectivity index (χ4n) is 2.74. The molecule has 0 spiro atoms. The van der Waals surface area contributed by atoms with Gasteiger partial charge in [-0.25, -0.2) is 9.97 Å². The third-order valence-electron chi connectivity index (χ3n) is 4.00. The van der Waals surface area contributed by atoms with Crippen LogP contribution in [0.4, 0.5) is 11.6 Å². The minimum Gasteiger partial charge on any atom is -0.359 e. The Hall–Kier alpha value is -2.17. The highest BCUT2D eigenvalue weighted by Crippen LogP contribution is 2.19. The molecule has 0 aromatic carbocycles. The lowest BCUT2D eigenvalue weighted by Crippen LogP contribution is -2.27. The van der Waals surface area contributed by atoms with Gasteiger partial charge in [-0.1, -0.05) is 13.8 Å². The maximum absolute atomic E-state index is 4.65. The van der Waals surface area contributed by atoms with Crippen LogP contribution in [0.3, 0.4) is 0 Å². The Morgan fingerprint density at radius 3 is 2.17 bits per heavy atom. The molecule has 0 saturated heterocycles. The zero-order valence-electron chi connectivity index (χ0n) is 15.4. The second-order valence-electron chi connectivity index (χ2n) is 6.15. The van der Waals surface area contributed by atoms with E-state index in [1.807, 2.05) is 19.3 Å². The number of hydrogen-bond donors (Lipinski definition) is 0. The summed E-state index contributed by atoms with van der Waals surface area (Å²) in [5.74, 6) is 2.86. The fourth-order valence-corrected chi connectivity index (χ4v) is 2.74. The van der Waals surface area contributed by atoms with E-state index < -0.39 is 0 Å². The summed E-state index contributed by atoms with van der Waals surface area (Å²) in [5, 5.41) is 0. The van der Waals surface area contributed by atoms with Crippen molar-refractivity contribution in [3.8, 4) is 0 Å². The van der Waals surface area contributed by atoms with Crippen molar-refractivity contribution in [2.75, 3.05) is 36.5 Å². The lowest BCUT2D eigenvalue weighted by atomic mass is 10.2. The zero-order valence-corrected chi connectivity index (χ0v) is 15.4. The van der Waals surface area contributed by atoms with Crippen LogP contribution in [0.25, 0.3) is 0 Å². The molecule has 0 saturated carbocycles. The first-order chi connectivity index (χ1) is 11.6. The van der Waals surface area contributed by atoms with Crippen LogP contribution in [-0.2, 0) is 6.42 Å². The third-order valence-corrected chi connectivity index (χ3v) is 4.00. The lowest BCUT2D eigenvalue weighted by Gasteiger charge is -2.25. The number of aryl methyl sites for hydroxylation is 1. The quantitative estimate of drug-likeness (QED) is 0.705. The zero-order chi connectivity index (χ0) is 17.4. The van der Waals surface area contributed by atoms with Crippen LogP contribution in [0.15, 0.2) is 30.6 Å². The second kappa shape index (κ2) is 9.21. The SMILES string of the molecule is CCCN(CCC)c1cc(N(C)CCc2ccncc2)nc(C)n1. The van der Waals surface area contributed by atoms with Crippen molar-refractivity contribution in [3.63, 3.8) is 0 Å². The van der Waals surface area contributed by atoms with Crippen molar-refractivity contribution < 1.29 is 0 Å². The van der Waals surface area contributed by atoms with Crippen LogP contribution in [-0.4, -0.2) is 41.6 Å². The van der Waals surface area contributed by atoms with Crippen LogP contribution in [0.2, 0.25) is 0 Å². The first-order valence-electron chi connectivity index (χ1n) is 8.84. The van der Waals surface area contributed by atoms with Gasteiger partial charge in [0.1, 0.15) is 17.5 Å². The van der Waals surface area contributed by atoms with Crippen molar-refractivity contribution in [1.82, 2.24) is 15.0 Å². The van der Waals surface area contributed by atoms with Gasteiger partial charge in [0.2, 0.25) is 0 Å². The van der Waals surface area contributed by atoms with E-state index in [9.17, 15) is 0 Å². The van der Waals surface area contributed by atoms with Crippen LogP contribution < -0.4 is 9.80 Å². The first-order valence-corrected chi connectivity index (χ1v) is 8.84. The molecular formula is C19H29N5. The van der Waals surface area contributed by atoms with E-state index >= 15 is 0 Å². The molecule has 24 heavy (non-hydrogen) atoms. The molecule has 0 amide bonds. The molecule has 5 nitrogen and oxygen atoms in total. The van der Waals surface area contributed by atoms with Crippen molar-refractivity contribution in [2.45, 2.75) is 40.0 Å². The van der Waals surface area contributed by atoms with E-state index in [0.717, 1.165) is 56.4 Å². The van der Waals surface area contributed by atoms with Crippen LogP contribution >= 0.6 is 0 Å². The molecule has 0 fully saturated rings. The number of likely N-dealkylation sites (N-methyl/N-ethyl adjacent to an activating group) is 1. The smallest absolute Gasteiger partial charge is 0.134 e. The van der Waals surface area contributed by atoms with E-state index in [1.165, 1.54) is 5.56 Å². The van der Waals surface area contributed by atoms with Crippen LogP contribution in [0.1, 0.15) is 38.1 Å². The van der Waals surface area contributed by atoms with Gasteiger partial charge in [-0.15, -0.1) is 0 Å². The number of nitrogens with zero attached hydrogens (tertiary/aromatic N) is 5.